The van der Waals surface area contributed by atoms with E-state index in [1.54, 1.807) is 26.0 Å². The van der Waals surface area contributed by atoms with Crippen LogP contribution in [0.25, 0.3) is 11.0 Å². The topological polar surface area (TPSA) is 55.1 Å². The summed E-state index contributed by atoms with van der Waals surface area (Å²) in [4.78, 5) is 15.6. The highest BCUT2D eigenvalue weighted by atomic mass is 35.5. The number of nitrogens with zero attached hydrogens (tertiary/aromatic N) is 2. The summed E-state index contributed by atoms with van der Waals surface area (Å²) in [6.45, 7) is 3.39. The highest BCUT2D eigenvalue weighted by Crippen LogP contribution is 2.25. The lowest BCUT2D eigenvalue weighted by Crippen LogP contribution is -2.27. The van der Waals surface area contributed by atoms with Gasteiger partial charge in [-0.05, 0) is 32.0 Å². The number of carboxylic acids is 1. The number of halogens is 1. The Bertz CT molecular complexity index is 617. The molecule has 0 spiro atoms. The molecule has 0 fully saturated rings. The Kier molecular flexibility index (Phi) is 3.07. The molecule has 0 saturated carbocycles. The first-order valence-corrected chi connectivity index (χ1v) is 6.03. The van der Waals surface area contributed by atoms with Crippen LogP contribution in [0.5, 0.6) is 0 Å². The number of carbonyl (C=O) groups is 1. The van der Waals surface area contributed by atoms with Crippen molar-refractivity contribution in [1.82, 2.24) is 9.55 Å². The van der Waals surface area contributed by atoms with Gasteiger partial charge in [-0.3, -0.25) is 4.79 Å². The van der Waals surface area contributed by atoms with Gasteiger partial charge in [0.15, 0.2) is 0 Å². The Morgan fingerprint density at radius 3 is 2.78 bits per heavy atom. The molecule has 0 unspecified atom stereocenters. The number of fused-ring (bicyclic) bond motifs is 1. The minimum absolute atomic E-state index is 0.380. The molecule has 0 aliphatic carbocycles. The summed E-state index contributed by atoms with van der Waals surface area (Å²) in [5.74, 6) is -0.0766. The van der Waals surface area contributed by atoms with E-state index in [2.05, 4.69) is 4.98 Å². The monoisotopic (exact) mass is 266 g/mol. The zero-order valence-corrected chi connectivity index (χ0v) is 11.3. The molecule has 18 heavy (non-hydrogen) atoms. The van der Waals surface area contributed by atoms with Crippen LogP contribution in [0.4, 0.5) is 0 Å². The van der Waals surface area contributed by atoms with E-state index < -0.39 is 11.4 Å². The molecular formula is C13H15ClN2O2. The Hall–Kier alpha value is -1.55. The fraction of sp³-hybridized carbons (Fsp3) is 0.385. The van der Waals surface area contributed by atoms with Crippen molar-refractivity contribution in [3.8, 4) is 0 Å². The number of aryl methyl sites for hydroxylation is 1. The van der Waals surface area contributed by atoms with Gasteiger partial charge in [0, 0.05) is 18.5 Å². The number of carboxylic acid groups (broad SMARTS) is 1. The van der Waals surface area contributed by atoms with Crippen LogP contribution >= 0.6 is 11.6 Å². The van der Waals surface area contributed by atoms with E-state index >= 15 is 0 Å². The van der Waals surface area contributed by atoms with Gasteiger partial charge in [-0.1, -0.05) is 11.6 Å². The zero-order chi connectivity index (χ0) is 13.5. The van der Waals surface area contributed by atoms with Crippen LogP contribution in [0.2, 0.25) is 5.02 Å². The number of aliphatic carboxylic acids is 1. The molecule has 0 saturated heterocycles. The van der Waals surface area contributed by atoms with E-state index in [4.69, 9.17) is 16.7 Å². The average Bonchev–Trinajstić information content (AvgIpc) is 2.54. The lowest BCUT2D eigenvalue weighted by Gasteiger charge is -2.18. The summed E-state index contributed by atoms with van der Waals surface area (Å²) < 4.78 is 1.91. The predicted octanol–water partition coefficient (Wildman–Crippen LogP) is 2.88. The van der Waals surface area contributed by atoms with E-state index in [1.807, 2.05) is 17.7 Å². The van der Waals surface area contributed by atoms with Crippen LogP contribution < -0.4 is 0 Å². The van der Waals surface area contributed by atoms with Crippen LogP contribution in [0.1, 0.15) is 19.7 Å². The standard InChI is InChI=1S/C13H15ClN2O2/c1-13(2,12(17)18)7-11-15-9-6-8(14)4-5-10(9)16(11)3/h4-6H,7H2,1-3H3,(H,17,18). The van der Waals surface area contributed by atoms with Gasteiger partial charge in [0.25, 0.3) is 0 Å². The van der Waals surface area contributed by atoms with Gasteiger partial charge in [-0.25, -0.2) is 4.98 Å². The van der Waals surface area contributed by atoms with Crippen molar-refractivity contribution in [2.45, 2.75) is 20.3 Å². The Labute approximate surface area is 110 Å². The number of rotatable bonds is 3. The maximum atomic E-state index is 11.1. The van der Waals surface area contributed by atoms with Crippen molar-refractivity contribution in [2.75, 3.05) is 0 Å². The molecule has 2 rings (SSSR count). The molecule has 0 amide bonds. The Morgan fingerprint density at radius 1 is 1.50 bits per heavy atom. The van der Waals surface area contributed by atoms with Gasteiger partial charge in [0.1, 0.15) is 5.82 Å². The smallest absolute Gasteiger partial charge is 0.309 e. The van der Waals surface area contributed by atoms with Gasteiger partial charge in [-0.2, -0.15) is 0 Å². The highest BCUT2D eigenvalue weighted by Gasteiger charge is 2.29. The minimum atomic E-state index is -0.834. The lowest BCUT2D eigenvalue weighted by molar-refractivity contribution is -0.146. The average molecular weight is 267 g/mol. The van der Waals surface area contributed by atoms with Crippen molar-refractivity contribution >= 4 is 28.6 Å². The van der Waals surface area contributed by atoms with Gasteiger partial charge in [0.05, 0.1) is 16.4 Å². The second-order valence-corrected chi connectivity index (χ2v) is 5.52. The predicted molar refractivity (Wildman–Crippen MR) is 70.8 cm³/mol. The molecule has 0 aliphatic rings. The zero-order valence-electron chi connectivity index (χ0n) is 10.6. The summed E-state index contributed by atoms with van der Waals surface area (Å²) in [5.41, 5.74) is 0.913. The maximum Gasteiger partial charge on any atom is 0.309 e. The first-order valence-electron chi connectivity index (χ1n) is 5.65. The fourth-order valence-corrected chi connectivity index (χ4v) is 2.02. The van der Waals surface area contributed by atoms with Gasteiger partial charge in [-0.15, -0.1) is 0 Å². The largest absolute Gasteiger partial charge is 0.481 e. The van der Waals surface area contributed by atoms with Crippen LogP contribution in [-0.4, -0.2) is 20.6 Å². The van der Waals surface area contributed by atoms with Gasteiger partial charge < -0.3 is 9.67 Å². The second kappa shape index (κ2) is 4.28. The summed E-state index contributed by atoms with van der Waals surface area (Å²) in [6.07, 6.45) is 0.380. The molecule has 5 heteroatoms. The first kappa shape index (κ1) is 12.9. The van der Waals surface area contributed by atoms with Gasteiger partial charge in [0.2, 0.25) is 0 Å². The van der Waals surface area contributed by atoms with Crippen LogP contribution in [0, 0.1) is 5.41 Å². The highest BCUT2D eigenvalue weighted by molar-refractivity contribution is 6.31. The third-order valence-corrected chi connectivity index (χ3v) is 3.35. The van der Waals surface area contributed by atoms with Crippen LogP contribution in [-0.2, 0) is 18.3 Å². The molecule has 1 aromatic heterocycles. The molecule has 2 aromatic rings. The van der Waals surface area contributed by atoms with E-state index in [1.165, 1.54) is 0 Å². The van der Waals surface area contributed by atoms with Crippen LogP contribution in [0.15, 0.2) is 18.2 Å². The molecule has 1 aromatic carbocycles. The Morgan fingerprint density at radius 2 is 2.17 bits per heavy atom. The number of benzene rings is 1. The van der Waals surface area contributed by atoms with E-state index in [9.17, 15) is 4.79 Å². The van der Waals surface area contributed by atoms with Crippen molar-refractivity contribution in [1.29, 1.82) is 0 Å². The normalized spacial score (nSPS) is 12.0. The quantitative estimate of drug-likeness (QED) is 0.929. The number of hydrogen-bond acceptors (Lipinski definition) is 2. The summed E-state index contributed by atoms with van der Waals surface area (Å²) in [5, 5.41) is 9.78. The van der Waals surface area contributed by atoms with Crippen molar-refractivity contribution < 1.29 is 9.90 Å². The van der Waals surface area contributed by atoms with E-state index in [0.29, 0.717) is 11.4 Å². The summed E-state index contributed by atoms with van der Waals surface area (Å²) in [7, 11) is 1.89. The minimum Gasteiger partial charge on any atom is -0.481 e. The third-order valence-electron chi connectivity index (χ3n) is 3.11. The Balaban J connectivity index is 2.46. The summed E-state index contributed by atoms with van der Waals surface area (Å²) in [6, 6.07) is 5.48. The molecule has 0 bridgehead atoms. The molecule has 96 valence electrons. The third kappa shape index (κ3) is 2.20. The van der Waals surface area contributed by atoms with E-state index in [0.717, 1.165) is 16.9 Å². The molecule has 1 N–H and O–H groups in total. The summed E-state index contributed by atoms with van der Waals surface area (Å²) >= 11 is 5.92. The van der Waals surface area contributed by atoms with Crippen molar-refractivity contribution in [3.05, 3.63) is 29.0 Å². The van der Waals surface area contributed by atoms with Crippen LogP contribution in [0.3, 0.4) is 0 Å². The SMILES string of the molecule is Cn1c(CC(C)(C)C(=O)O)nc2cc(Cl)ccc21. The van der Waals surface area contributed by atoms with Gasteiger partial charge >= 0.3 is 5.97 Å². The van der Waals surface area contributed by atoms with Crippen molar-refractivity contribution in [2.24, 2.45) is 12.5 Å². The van der Waals surface area contributed by atoms with E-state index in [-0.39, 0.29) is 0 Å². The first-order chi connectivity index (χ1) is 8.31. The number of aromatic nitrogens is 2. The molecule has 0 aliphatic heterocycles. The lowest BCUT2D eigenvalue weighted by atomic mass is 9.89. The number of hydrogen-bond donors (Lipinski definition) is 1. The molecule has 0 radical (unpaired) electrons. The fourth-order valence-electron chi connectivity index (χ4n) is 1.85. The molecule has 0 atom stereocenters. The maximum absolute atomic E-state index is 11.1. The second-order valence-electron chi connectivity index (χ2n) is 5.09. The molecule has 1 heterocycles. The van der Waals surface area contributed by atoms with Crippen molar-refractivity contribution in [3.63, 3.8) is 0 Å². The molecule has 4 nitrogen and oxygen atoms in total. The number of imidazole rings is 1. The molecular weight excluding hydrogens is 252 g/mol.